The van der Waals surface area contributed by atoms with Crippen molar-refractivity contribution < 1.29 is 168 Å². The second-order valence-corrected chi connectivity index (χ2v) is 23.0. The lowest BCUT2D eigenvalue weighted by Crippen LogP contribution is -2.37. The van der Waals surface area contributed by atoms with Crippen LogP contribution in [0.4, 0.5) is 39.5 Å². The van der Waals surface area contributed by atoms with Crippen LogP contribution in [0, 0.1) is 59.8 Å². The van der Waals surface area contributed by atoms with Gasteiger partial charge in [-0.1, -0.05) is 0 Å². The number of nitrogens with one attached hydrogen (secondary N) is 4. The van der Waals surface area contributed by atoms with E-state index in [1.54, 1.807) is 0 Å². The van der Waals surface area contributed by atoms with Crippen molar-refractivity contribution in [1.29, 1.82) is 0 Å². The molecule has 0 aromatic heterocycles. The highest BCUT2D eigenvalue weighted by atomic mass is 32.2. The fraction of sp³-hybridized carbons (Fsp3) is 0.459. The Morgan fingerprint density at radius 1 is 0.394 bits per heavy atom. The standard InChI is InChI=1S/C16H14F5NO5.C16H15F4NO5.C14H18N2O10S.C14H18N2O7.CH3/c1-7(23)2-4-9(25)22-6-8(24)3-5-10(26)27-16-14(20)12(18)11(17)13(19)15(16)21;1-8(22)2-4-12(24)21-7-9(23)3-5-13(25)26-16-14(19)10(17)6-11(18)15(16)20;1-8(17)2-4-11(19)15-7-9(18)3-5-13(21)26-16-12(20)6-10(14(16)22)27(23,24)25;1-9(17)2-4-11(19)15-8-10(18)3-7-14(22)23-16-12(20)5-6-13(16)21;/h2-6H2,1H3,(H,22,25);6H,2-5,7H2,1H3,(H,21,24);10H,2-7H2,1H3,(H,15,19)(H,23,24,25);2-8H2,1H3,(H,15,19);1H3/q;;;;+1/p-1. The minimum absolute atomic E-state index is 0. The number of esters is 2. The van der Waals surface area contributed by atoms with Gasteiger partial charge in [0, 0.05) is 103 Å². The van der Waals surface area contributed by atoms with E-state index < -0.39 is 225 Å². The predicted octanol–water partition coefficient (Wildman–Crippen LogP) is 1.94. The maximum Gasteiger partial charge on any atom is 0.333 e. The molecular formula is C61H67F9N6O27S. The van der Waals surface area contributed by atoms with Crippen molar-refractivity contribution in [3.63, 3.8) is 0 Å². The lowest BCUT2D eigenvalue weighted by molar-refractivity contribution is -0.197. The highest BCUT2D eigenvalue weighted by molar-refractivity contribution is 7.87. The van der Waals surface area contributed by atoms with Crippen LogP contribution in [0.5, 0.6) is 11.5 Å². The van der Waals surface area contributed by atoms with Crippen molar-refractivity contribution in [2.45, 2.75) is 155 Å². The SMILES string of the molecule is CC(=O)CCC(=O)NCC(=O)CCC(=O)ON1C(=O)CC(S(=O)(=O)[O-])C1=O.CC(=O)CCC(=O)NCC(=O)CCC(=O)ON1C(=O)CCC1=O.CC(=O)CCC(=O)NCC(=O)CCC(=O)Oc1c(F)c(F)c(F)c(F)c1F.CC(=O)CCC(=O)NCC(=O)CCC(=O)Oc1c(F)c(F)cc(F)c1F.[CH3+]. The number of hydrogen-bond donors (Lipinski definition) is 4. The number of Topliss-reactive ketones (excluding diaryl/α,β-unsaturated/α-hetero) is 8. The van der Waals surface area contributed by atoms with Gasteiger partial charge in [-0.15, -0.1) is 10.1 Å². The summed E-state index contributed by atoms with van der Waals surface area (Å²) in [6.45, 7) is 3.74. The van der Waals surface area contributed by atoms with Crippen LogP contribution in [-0.2, 0) is 116 Å². The summed E-state index contributed by atoms with van der Waals surface area (Å²) in [4.78, 5) is 235. The zero-order valence-corrected chi connectivity index (χ0v) is 56.5. The summed E-state index contributed by atoms with van der Waals surface area (Å²) in [5.41, 5.74) is 0. The van der Waals surface area contributed by atoms with Gasteiger partial charge < -0.3 is 64.1 Å². The molecule has 1 unspecified atom stereocenters. The van der Waals surface area contributed by atoms with E-state index in [4.69, 9.17) is 0 Å². The third-order valence-electron chi connectivity index (χ3n) is 12.7. The molecular weight excluding hydrogens is 1450 g/mol. The van der Waals surface area contributed by atoms with Crippen molar-refractivity contribution >= 4 is 128 Å². The first-order valence-corrected chi connectivity index (χ1v) is 31.3. The predicted molar refractivity (Wildman–Crippen MR) is 322 cm³/mol. The Balaban J connectivity index is 0.00000136. The normalized spacial score (nSPS) is 12.8. The minimum Gasteiger partial charge on any atom is -0.747 e. The number of carbonyl (C=O) groups excluding carboxylic acids is 20. The topological polar surface area (TPSA) is 490 Å². The molecule has 0 spiro atoms. The molecule has 0 saturated carbocycles. The minimum atomic E-state index is -5.07. The molecule has 2 aliphatic rings. The van der Waals surface area contributed by atoms with Gasteiger partial charge in [0.15, 0.2) is 34.8 Å². The van der Waals surface area contributed by atoms with Gasteiger partial charge in [0.1, 0.15) is 38.5 Å². The summed E-state index contributed by atoms with van der Waals surface area (Å²) in [5, 5.41) is 7.19. The van der Waals surface area contributed by atoms with E-state index >= 15 is 0 Å². The molecule has 2 aromatic carbocycles. The molecule has 43 heteroatoms. The quantitative estimate of drug-likeness (QED) is 0.0110. The number of benzene rings is 2. The van der Waals surface area contributed by atoms with Crippen LogP contribution in [0.1, 0.15) is 150 Å². The lowest BCUT2D eigenvalue weighted by atomic mass is 10.2. The van der Waals surface area contributed by atoms with Crippen LogP contribution < -0.4 is 30.7 Å². The van der Waals surface area contributed by atoms with E-state index in [9.17, 15) is 148 Å². The van der Waals surface area contributed by atoms with Crippen LogP contribution in [0.2, 0.25) is 0 Å². The summed E-state index contributed by atoms with van der Waals surface area (Å²) >= 11 is 0. The number of amides is 8. The Hall–Kier alpha value is -11.0. The molecule has 2 aliphatic heterocycles. The third-order valence-corrected chi connectivity index (χ3v) is 13.7. The molecule has 1 atom stereocenters. The molecule has 4 N–H and O–H groups in total. The molecule has 8 amide bonds. The molecule has 4 rings (SSSR count). The molecule has 2 fully saturated rings. The average molecular weight is 1520 g/mol. The Morgan fingerprint density at radius 2 is 0.663 bits per heavy atom. The summed E-state index contributed by atoms with van der Waals surface area (Å²) in [6.07, 6.45) is -4.79. The molecule has 0 aliphatic carbocycles. The van der Waals surface area contributed by atoms with Crippen molar-refractivity contribution in [1.82, 2.24) is 31.4 Å². The number of hydrogen-bond acceptors (Lipinski definition) is 27. The number of ketones is 8. The van der Waals surface area contributed by atoms with Crippen LogP contribution >= 0.6 is 0 Å². The zero-order valence-electron chi connectivity index (χ0n) is 55.6. The Labute approximate surface area is 583 Å². The number of ether oxygens (including phenoxy) is 2. The molecule has 2 heterocycles. The van der Waals surface area contributed by atoms with E-state index in [0.29, 0.717) is 5.06 Å². The van der Waals surface area contributed by atoms with E-state index in [2.05, 4.69) is 40.4 Å². The number of nitrogens with zero attached hydrogens (tertiary/aromatic N) is 2. The fourth-order valence-electron chi connectivity index (χ4n) is 7.12. The maximum atomic E-state index is 13.4. The summed E-state index contributed by atoms with van der Waals surface area (Å²) in [6, 6.07) is -0.0414. The van der Waals surface area contributed by atoms with Gasteiger partial charge in [-0.05, 0) is 27.7 Å². The Bertz CT molecular complexity index is 3730. The van der Waals surface area contributed by atoms with Gasteiger partial charge in [0.2, 0.25) is 75.8 Å². The highest BCUT2D eigenvalue weighted by Crippen LogP contribution is 2.30. The average Bonchev–Trinajstić information content (AvgIpc) is 1.43. The van der Waals surface area contributed by atoms with E-state index in [1.165, 1.54) is 27.7 Å². The number of carbonyl (C=O) groups is 20. The fourth-order valence-corrected chi connectivity index (χ4v) is 7.81. The lowest BCUT2D eigenvalue weighted by Gasteiger charge is -2.15. The van der Waals surface area contributed by atoms with E-state index in [1.807, 2.05) is 0 Å². The largest absolute Gasteiger partial charge is 0.747 e. The first-order valence-electron chi connectivity index (χ1n) is 29.8. The molecule has 2 aromatic rings. The third kappa shape index (κ3) is 35.5. The second kappa shape index (κ2) is 45.8. The van der Waals surface area contributed by atoms with Gasteiger partial charge in [-0.25, -0.2) is 40.0 Å². The van der Waals surface area contributed by atoms with Gasteiger partial charge >= 0.3 is 23.9 Å². The van der Waals surface area contributed by atoms with Gasteiger partial charge in [0.25, 0.3) is 23.6 Å². The Morgan fingerprint density at radius 3 is 0.942 bits per heavy atom. The molecule has 104 heavy (non-hydrogen) atoms. The summed E-state index contributed by atoms with van der Waals surface area (Å²) in [5.74, 6) is -35.6. The van der Waals surface area contributed by atoms with Crippen molar-refractivity contribution in [3.05, 3.63) is 65.8 Å². The van der Waals surface area contributed by atoms with Gasteiger partial charge in [-0.3, -0.25) is 67.1 Å². The maximum absolute atomic E-state index is 13.4. The first-order chi connectivity index (χ1) is 47.9. The molecule has 0 bridgehead atoms. The number of rotatable bonds is 37. The zero-order chi connectivity index (χ0) is 78.8. The monoisotopic (exact) mass is 1520 g/mol. The van der Waals surface area contributed by atoms with Crippen molar-refractivity contribution in [2.75, 3.05) is 26.2 Å². The molecule has 33 nitrogen and oxygen atoms in total. The smallest absolute Gasteiger partial charge is 0.333 e. The van der Waals surface area contributed by atoms with Crippen molar-refractivity contribution in [2.24, 2.45) is 0 Å². The highest BCUT2D eigenvalue weighted by Gasteiger charge is 2.45. The number of halogens is 9. The molecule has 0 radical (unpaired) electrons. The summed E-state index contributed by atoms with van der Waals surface area (Å²) < 4.78 is 159. The van der Waals surface area contributed by atoms with Gasteiger partial charge in [-0.2, -0.15) is 17.6 Å². The number of imide groups is 2. The van der Waals surface area contributed by atoms with Crippen LogP contribution in [-0.4, -0.2) is 172 Å². The van der Waals surface area contributed by atoms with Crippen molar-refractivity contribution in [3.8, 4) is 11.5 Å². The van der Waals surface area contributed by atoms with E-state index in [0.717, 1.165) is 0 Å². The second-order valence-electron chi connectivity index (χ2n) is 21.4. The van der Waals surface area contributed by atoms with E-state index in [-0.39, 0.29) is 138 Å². The Kier molecular flexibility index (Phi) is 40.9. The van der Waals surface area contributed by atoms with Crippen LogP contribution in [0.3, 0.4) is 0 Å². The van der Waals surface area contributed by atoms with Crippen LogP contribution in [0.25, 0.3) is 0 Å². The molecule has 2 saturated heterocycles. The van der Waals surface area contributed by atoms with Gasteiger partial charge in [0.05, 0.1) is 58.3 Å². The number of hydroxylamine groups is 4. The summed E-state index contributed by atoms with van der Waals surface area (Å²) in [7, 11) is -5.07. The molecule has 572 valence electrons. The van der Waals surface area contributed by atoms with Crippen LogP contribution in [0.15, 0.2) is 6.07 Å². The first kappa shape index (κ1) is 93.0.